The molecule has 0 fully saturated rings. The quantitative estimate of drug-likeness (QED) is 0.441. The van der Waals surface area contributed by atoms with Gasteiger partial charge in [0.2, 0.25) is 0 Å². The fraction of sp³-hybridized carbons (Fsp3) is 0. The fourth-order valence-corrected chi connectivity index (χ4v) is 3.41. The zero-order valence-electron chi connectivity index (χ0n) is 13.7. The number of hydrogen-bond acceptors (Lipinski definition) is 5. The van der Waals surface area contributed by atoms with Crippen molar-refractivity contribution in [2.45, 2.75) is 0 Å². The van der Waals surface area contributed by atoms with E-state index in [1.54, 1.807) is 42.1 Å². The van der Waals surface area contributed by atoms with E-state index in [1.807, 2.05) is 42.5 Å². The summed E-state index contributed by atoms with van der Waals surface area (Å²) in [6.07, 6.45) is 4.91. The van der Waals surface area contributed by atoms with Gasteiger partial charge in [0.15, 0.2) is 0 Å². The van der Waals surface area contributed by atoms with Gasteiger partial charge in [0.05, 0.1) is 16.4 Å². The molecule has 126 valence electrons. The molecular formula is C20H14N4OS. The number of hydrogen-bond donors (Lipinski definition) is 1. The summed E-state index contributed by atoms with van der Waals surface area (Å²) >= 11 is 1.64. The number of thiazole rings is 1. The zero-order valence-corrected chi connectivity index (χ0v) is 14.5. The molecule has 5 nitrogen and oxygen atoms in total. The lowest BCUT2D eigenvalue weighted by Gasteiger charge is -2.01. The first-order valence-corrected chi connectivity index (χ1v) is 8.81. The van der Waals surface area contributed by atoms with Crippen molar-refractivity contribution in [2.75, 3.05) is 0 Å². The van der Waals surface area contributed by atoms with Gasteiger partial charge in [-0.2, -0.15) is 5.10 Å². The first-order valence-electron chi connectivity index (χ1n) is 7.99. The smallest absolute Gasteiger partial charge is 0.267 e. The number of benzene rings is 2. The van der Waals surface area contributed by atoms with E-state index in [2.05, 4.69) is 26.6 Å². The summed E-state index contributed by atoms with van der Waals surface area (Å²) in [7, 11) is 0. The highest BCUT2D eigenvalue weighted by Crippen LogP contribution is 2.29. The fourth-order valence-electron chi connectivity index (χ4n) is 2.44. The number of rotatable bonds is 4. The third kappa shape index (κ3) is 3.50. The molecule has 2 aromatic carbocycles. The number of nitrogens with zero attached hydrogens (tertiary/aromatic N) is 3. The minimum atomic E-state index is -0.263. The van der Waals surface area contributed by atoms with Gasteiger partial charge in [-0.3, -0.25) is 9.78 Å². The Kier molecular flexibility index (Phi) is 4.49. The van der Waals surface area contributed by atoms with Crippen LogP contribution in [0.3, 0.4) is 0 Å². The summed E-state index contributed by atoms with van der Waals surface area (Å²) in [5, 5.41) is 4.89. The van der Waals surface area contributed by atoms with E-state index in [0.717, 1.165) is 26.4 Å². The molecule has 1 N–H and O–H groups in total. The molecule has 0 saturated heterocycles. The SMILES string of the molecule is O=C(N/N=C/c1cccnc1)c1ccc(-c2nc3ccccc3s2)cc1. The van der Waals surface area contributed by atoms with Gasteiger partial charge in [-0.25, -0.2) is 10.4 Å². The number of pyridine rings is 1. The Morgan fingerprint density at radius 1 is 1.04 bits per heavy atom. The number of carbonyl (C=O) groups is 1. The van der Waals surface area contributed by atoms with Crippen LogP contribution in [0.4, 0.5) is 0 Å². The molecule has 1 amide bonds. The normalized spacial score (nSPS) is 11.1. The maximum Gasteiger partial charge on any atom is 0.271 e. The lowest BCUT2D eigenvalue weighted by molar-refractivity contribution is 0.0955. The van der Waals surface area contributed by atoms with E-state index in [1.165, 1.54) is 0 Å². The highest BCUT2D eigenvalue weighted by molar-refractivity contribution is 7.21. The van der Waals surface area contributed by atoms with Crippen molar-refractivity contribution in [3.63, 3.8) is 0 Å². The van der Waals surface area contributed by atoms with Crippen molar-refractivity contribution >= 4 is 33.7 Å². The molecule has 2 heterocycles. The van der Waals surface area contributed by atoms with Crippen LogP contribution in [0, 0.1) is 0 Å². The second kappa shape index (κ2) is 7.25. The number of nitrogens with one attached hydrogen (secondary N) is 1. The minimum absolute atomic E-state index is 0.263. The standard InChI is InChI=1S/C20H14N4OS/c25-19(24-22-13-14-4-3-11-21-12-14)15-7-9-16(10-8-15)20-23-17-5-1-2-6-18(17)26-20/h1-13H,(H,24,25)/b22-13+. The van der Waals surface area contributed by atoms with Crippen LogP contribution in [0.2, 0.25) is 0 Å². The maximum atomic E-state index is 12.2. The molecule has 0 bridgehead atoms. The predicted octanol–water partition coefficient (Wildman–Crippen LogP) is 4.12. The zero-order chi connectivity index (χ0) is 17.8. The molecule has 0 radical (unpaired) electrons. The Balaban J connectivity index is 1.46. The lowest BCUT2D eigenvalue weighted by Crippen LogP contribution is -2.17. The third-order valence-electron chi connectivity index (χ3n) is 3.75. The van der Waals surface area contributed by atoms with Crippen molar-refractivity contribution in [1.82, 2.24) is 15.4 Å². The van der Waals surface area contributed by atoms with Crippen molar-refractivity contribution < 1.29 is 4.79 Å². The lowest BCUT2D eigenvalue weighted by atomic mass is 10.1. The van der Waals surface area contributed by atoms with Gasteiger partial charge in [-0.1, -0.05) is 30.3 Å². The molecular weight excluding hydrogens is 344 g/mol. The summed E-state index contributed by atoms with van der Waals surface area (Å²) < 4.78 is 1.15. The molecule has 0 aliphatic rings. The Morgan fingerprint density at radius 2 is 1.88 bits per heavy atom. The van der Waals surface area contributed by atoms with Crippen LogP contribution in [-0.4, -0.2) is 22.1 Å². The van der Waals surface area contributed by atoms with Gasteiger partial charge >= 0.3 is 0 Å². The van der Waals surface area contributed by atoms with E-state index in [9.17, 15) is 4.79 Å². The van der Waals surface area contributed by atoms with Gasteiger partial charge in [-0.15, -0.1) is 11.3 Å². The summed E-state index contributed by atoms with van der Waals surface area (Å²) in [5.41, 5.74) is 5.85. The summed E-state index contributed by atoms with van der Waals surface area (Å²) in [4.78, 5) is 20.8. The molecule has 6 heteroatoms. The third-order valence-corrected chi connectivity index (χ3v) is 4.84. The van der Waals surface area contributed by atoms with E-state index in [0.29, 0.717) is 5.56 Å². The summed E-state index contributed by atoms with van der Waals surface area (Å²) in [6, 6.07) is 19.0. The van der Waals surface area contributed by atoms with Crippen molar-refractivity contribution in [3.05, 3.63) is 84.2 Å². The van der Waals surface area contributed by atoms with Gasteiger partial charge in [0.25, 0.3) is 5.91 Å². The molecule has 0 aliphatic heterocycles. The molecule has 0 aliphatic carbocycles. The second-order valence-electron chi connectivity index (χ2n) is 5.55. The van der Waals surface area contributed by atoms with Gasteiger partial charge in [0, 0.05) is 29.1 Å². The predicted molar refractivity (Wildman–Crippen MR) is 104 cm³/mol. The van der Waals surface area contributed by atoms with Crippen LogP contribution >= 0.6 is 11.3 Å². The van der Waals surface area contributed by atoms with Crippen molar-refractivity contribution in [3.8, 4) is 10.6 Å². The second-order valence-corrected chi connectivity index (χ2v) is 6.58. The molecule has 4 rings (SSSR count). The molecule has 0 unspecified atom stereocenters. The van der Waals surface area contributed by atoms with Crippen molar-refractivity contribution in [1.29, 1.82) is 0 Å². The number of fused-ring (bicyclic) bond motifs is 1. The number of amides is 1. The Hall–Kier alpha value is -3.38. The van der Waals surface area contributed by atoms with Gasteiger partial charge < -0.3 is 0 Å². The van der Waals surface area contributed by atoms with E-state index < -0.39 is 0 Å². The van der Waals surface area contributed by atoms with E-state index in [-0.39, 0.29) is 5.91 Å². The Morgan fingerprint density at radius 3 is 2.65 bits per heavy atom. The highest BCUT2D eigenvalue weighted by atomic mass is 32.1. The average molecular weight is 358 g/mol. The van der Waals surface area contributed by atoms with Gasteiger partial charge in [0.1, 0.15) is 5.01 Å². The first kappa shape index (κ1) is 16.1. The molecule has 4 aromatic rings. The number of aromatic nitrogens is 2. The largest absolute Gasteiger partial charge is 0.271 e. The summed E-state index contributed by atoms with van der Waals surface area (Å²) in [6.45, 7) is 0. The summed E-state index contributed by atoms with van der Waals surface area (Å²) in [5.74, 6) is -0.263. The molecule has 0 saturated carbocycles. The van der Waals surface area contributed by atoms with E-state index >= 15 is 0 Å². The molecule has 26 heavy (non-hydrogen) atoms. The number of para-hydroxylation sites is 1. The monoisotopic (exact) mass is 358 g/mol. The topological polar surface area (TPSA) is 67.2 Å². The first-order chi connectivity index (χ1) is 12.8. The van der Waals surface area contributed by atoms with Crippen LogP contribution in [0.25, 0.3) is 20.8 Å². The highest BCUT2D eigenvalue weighted by Gasteiger charge is 2.08. The Labute approximate surface area is 154 Å². The van der Waals surface area contributed by atoms with Crippen molar-refractivity contribution in [2.24, 2.45) is 5.10 Å². The van der Waals surface area contributed by atoms with E-state index in [4.69, 9.17) is 0 Å². The van der Waals surface area contributed by atoms with Crippen LogP contribution in [0.1, 0.15) is 15.9 Å². The van der Waals surface area contributed by atoms with Crippen LogP contribution in [-0.2, 0) is 0 Å². The Bertz CT molecular complexity index is 1040. The maximum absolute atomic E-state index is 12.2. The molecule has 0 spiro atoms. The van der Waals surface area contributed by atoms with Gasteiger partial charge in [-0.05, 0) is 30.3 Å². The molecule has 0 atom stereocenters. The number of carbonyl (C=O) groups excluding carboxylic acids is 1. The van der Waals surface area contributed by atoms with Crippen LogP contribution in [0.15, 0.2) is 78.2 Å². The molecule has 2 aromatic heterocycles. The number of hydrazone groups is 1. The van der Waals surface area contributed by atoms with Crippen LogP contribution in [0.5, 0.6) is 0 Å². The van der Waals surface area contributed by atoms with Crippen LogP contribution < -0.4 is 5.43 Å². The minimum Gasteiger partial charge on any atom is -0.267 e. The average Bonchev–Trinajstić information content (AvgIpc) is 3.13.